The summed E-state index contributed by atoms with van der Waals surface area (Å²) in [6.45, 7) is 4.03. The molecular weight excluding hydrogens is 464 g/mol. The number of nitrogens with one attached hydrogen (secondary N) is 1. The van der Waals surface area contributed by atoms with Crippen LogP contribution in [0.5, 0.6) is 0 Å². The molecule has 2 aromatic carbocycles. The van der Waals surface area contributed by atoms with Gasteiger partial charge >= 0.3 is 0 Å². The molecule has 3 aromatic rings. The molecular formula is C22H24N4O5S2. The van der Waals surface area contributed by atoms with Gasteiger partial charge in [-0.15, -0.1) is 0 Å². The molecule has 0 bridgehead atoms. The van der Waals surface area contributed by atoms with E-state index in [9.17, 15) is 23.3 Å². The van der Waals surface area contributed by atoms with Crippen molar-refractivity contribution in [3.05, 3.63) is 57.6 Å². The maximum Gasteiger partial charge on any atom is 0.270 e. The van der Waals surface area contributed by atoms with Gasteiger partial charge in [-0.3, -0.25) is 14.9 Å². The lowest BCUT2D eigenvalue weighted by Gasteiger charge is -2.30. The second-order valence-corrected chi connectivity index (χ2v) is 11.0. The minimum Gasteiger partial charge on any atom is -0.302 e. The number of fused-ring (bicyclic) bond motifs is 1. The molecule has 9 nitrogen and oxygen atoms in total. The first kappa shape index (κ1) is 23.3. The number of sulfonamides is 1. The average molecular weight is 489 g/mol. The number of hydrogen-bond donors (Lipinski definition) is 1. The summed E-state index contributed by atoms with van der Waals surface area (Å²) in [7, 11) is -3.89. The summed E-state index contributed by atoms with van der Waals surface area (Å²) in [5, 5.41) is 14.5. The summed E-state index contributed by atoms with van der Waals surface area (Å²) < 4.78 is 28.5. The molecule has 1 aliphatic rings. The molecule has 0 saturated carbocycles. The first-order valence-corrected chi connectivity index (χ1v) is 12.9. The van der Waals surface area contributed by atoms with Crippen LogP contribution in [-0.2, 0) is 21.2 Å². The van der Waals surface area contributed by atoms with E-state index >= 15 is 0 Å². The summed E-state index contributed by atoms with van der Waals surface area (Å²) in [5.74, 6) is -0.505. The fourth-order valence-corrected chi connectivity index (χ4v) is 6.57. The number of aromatic nitrogens is 1. The maximum atomic E-state index is 13.1. The van der Waals surface area contributed by atoms with Crippen LogP contribution in [0.15, 0.2) is 41.3 Å². The Morgan fingerprint density at radius 2 is 1.97 bits per heavy atom. The van der Waals surface area contributed by atoms with Crippen LogP contribution >= 0.6 is 11.3 Å². The predicted molar refractivity (Wildman–Crippen MR) is 127 cm³/mol. The van der Waals surface area contributed by atoms with Gasteiger partial charge in [0.05, 0.1) is 20.0 Å². The summed E-state index contributed by atoms with van der Waals surface area (Å²) in [4.78, 5) is 27.6. The lowest BCUT2D eigenvalue weighted by atomic mass is 9.97. The first-order valence-electron chi connectivity index (χ1n) is 10.6. The molecule has 0 spiro atoms. The Balaban J connectivity index is 1.42. The minimum atomic E-state index is -3.89. The van der Waals surface area contributed by atoms with Crippen molar-refractivity contribution in [2.75, 3.05) is 18.4 Å². The van der Waals surface area contributed by atoms with Crippen LogP contribution in [0, 0.1) is 23.0 Å². The SMILES string of the molecule is CCc1ccc2nc(NC(=O)C3CCN(S(=O)(=O)c4cc([N+](=O)[O-])ccc4C)CC3)sc2c1. The molecule has 2 heterocycles. The quantitative estimate of drug-likeness (QED) is 0.411. The number of nitro groups is 1. The number of rotatable bonds is 6. The number of amides is 1. The van der Waals surface area contributed by atoms with Crippen LogP contribution in [0.3, 0.4) is 0 Å². The summed E-state index contributed by atoms with van der Waals surface area (Å²) in [6, 6.07) is 9.86. The fraction of sp³-hybridized carbons (Fsp3) is 0.364. The molecule has 174 valence electrons. The van der Waals surface area contributed by atoms with E-state index in [2.05, 4.69) is 23.3 Å². The van der Waals surface area contributed by atoms with E-state index in [0.717, 1.165) is 22.7 Å². The van der Waals surface area contributed by atoms with Gasteiger partial charge < -0.3 is 5.32 Å². The van der Waals surface area contributed by atoms with E-state index in [0.29, 0.717) is 23.5 Å². The number of piperidine rings is 1. The maximum absolute atomic E-state index is 13.1. The van der Waals surface area contributed by atoms with Crippen LogP contribution < -0.4 is 5.32 Å². The number of hydrogen-bond acceptors (Lipinski definition) is 7. The first-order chi connectivity index (χ1) is 15.7. The van der Waals surface area contributed by atoms with E-state index in [1.165, 1.54) is 33.3 Å². The monoisotopic (exact) mass is 488 g/mol. The van der Waals surface area contributed by atoms with Gasteiger partial charge in [-0.2, -0.15) is 4.31 Å². The number of aryl methyl sites for hydroxylation is 2. The van der Waals surface area contributed by atoms with Crippen LogP contribution in [0.25, 0.3) is 10.2 Å². The Morgan fingerprint density at radius 1 is 1.24 bits per heavy atom. The molecule has 0 radical (unpaired) electrons. The molecule has 33 heavy (non-hydrogen) atoms. The molecule has 4 rings (SSSR count). The summed E-state index contributed by atoms with van der Waals surface area (Å²) in [5.41, 5.74) is 2.22. The Kier molecular flexibility index (Phi) is 6.46. The molecule has 1 saturated heterocycles. The van der Waals surface area contributed by atoms with Gasteiger partial charge in [-0.05, 0) is 49.4 Å². The second kappa shape index (κ2) is 9.16. The van der Waals surface area contributed by atoms with E-state index in [1.54, 1.807) is 6.92 Å². The van der Waals surface area contributed by atoms with Gasteiger partial charge in [0.1, 0.15) is 0 Å². The highest BCUT2D eigenvalue weighted by Crippen LogP contribution is 2.30. The number of carbonyl (C=O) groups excluding carboxylic acids is 1. The standard InChI is InChI=1S/C22H24N4O5S2/c1-3-15-5-7-18-19(12-15)32-22(23-18)24-21(27)16-8-10-25(11-9-16)33(30,31)20-13-17(26(28)29)6-4-14(20)2/h4-7,12-13,16H,3,8-11H2,1-2H3,(H,23,24,27). The number of nitro benzene ring substituents is 1. The molecule has 1 fully saturated rings. The Labute approximate surface area is 195 Å². The van der Waals surface area contributed by atoms with Crippen molar-refractivity contribution in [3.63, 3.8) is 0 Å². The lowest BCUT2D eigenvalue weighted by Crippen LogP contribution is -2.41. The van der Waals surface area contributed by atoms with Crippen molar-refractivity contribution in [2.45, 2.75) is 38.0 Å². The smallest absolute Gasteiger partial charge is 0.270 e. The van der Waals surface area contributed by atoms with Gasteiger partial charge in [-0.25, -0.2) is 13.4 Å². The van der Waals surface area contributed by atoms with Gasteiger partial charge in [0, 0.05) is 31.1 Å². The third kappa shape index (κ3) is 4.75. The lowest BCUT2D eigenvalue weighted by molar-refractivity contribution is -0.385. The molecule has 1 N–H and O–H groups in total. The number of anilines is 1. The molecule has 11 heteroatoms. The second-order valence-electron chi connectivity index (χ2n) is 8.05. The largest absolute Gasteiger partial charge is 0.302 e. The normalized spacial score (nSPS) is 15.6. The molecule has 1 amide bonds. The Morgan fingerprint density at radius 3 is 2.64 bits per heavy atom. The number of thiazole rings is 1. The zero-order valence-electron chi connectivity index (χ0n) is 18.3. The molecule has 0 aliphatic carbocycles. The van der Waals surface area contributed by atoms with E-state index in [4.69, 9.17) is 0 Å². The predicted octanol–water partition coefficient (Wildman–Crippen LogP) is 4.11. The average Bonchev–Trinajstić information content (AvgIpc) is 3.20. The van der Waals surface area contributed by atoms with Crippen LogP contribution in [0.2, 0.25) is 0 Å². The van der Waals surface area contributed by atoms with Crippen LogP contribution in [0.4, 0.5) is 10.8 Å². The third-order valence-electron chi connectivity index (χ3n) is 5.92. The van der Waals surface area contributed by atoms with Crippen molar-refractivity contribution in [2.24, 2.45) is 5.92 Å². The van der Waals surface area contributed by atoms with E-state index in [1.807, 2.05) is 12.1 Å². The summed E-state index contributed by atoms with van der Waals surface area (Å²) in [6.07, 6.45) is 1.65. The van der Waals surface area contributed by atoms with E-state index in [-0.39, 0.29) is 35.5 Å². The minimum absolute atomic E-state index is 0.0690. The van der Waals surface area contributed by atoms with Crippen LogP contribution in [-0.4, -0.2) is 41.6 Å². The number of benzene rings is 2. The van der Waals surface area contributed by atoms with Crippen molar-refractivity contribution in [3.8, 4) is 0 Å². The summed E-state index contributed by atoms with van der Waals surface area (Å²) >= 11 is 1.42. The van der Waals surface area contributed by atoms with Gasteiger partial charge in [-0.1, -0.05) is 30.4 Å². The van der Waals surface area contributed by atoms with Gasteiger partial charge in [0.15, 0.2) is 5.13 Å². The van der Waals surface area contributed by atoms with E-state index < -0.39 is 14.9 Å². The van der Waals surface area contributed by atoms with Crippen molar-refractivity contribution < 1.29 is 18.1 Å². The molecule has 1 aliphatic heterocycles. The topological polar surface area (TPSA) is 123 Å². The van der Waals surface area contributed by atoms with Gasteiger partial charge in [0.25, 0.3) is 5.69 Å². The van der Waals surface area contributed by atoms with Crippen molar-refractivity contribution >= 4 is 48.3 Å². The Hall–Kier alpha value is -2.89. The molecule has 0 atom stereocenters. The highest BCUT2D eigenvalue weighted by atomic mass is 32.2. The zero-order chi connectivity index (χ0) is 23.8. The zero-order valence-corrected chi connectivity index (χ0v) is 19.9. The number of non-ortho nitro benzene ring substituents is 1. The third-order valence-corrected chi connectivity index (χ3v) is 8.89. The highest BCUT2D eigenvalue weighted by molar-refractivity contribution is 7.89. The number of carbonyl (C=O) groups is 1. The van der Waals surface area contributed by atoms with Gasteiger partial charge in [0.2, 0.25) is 15.9 Å². The fourth-order valence-electron chi connectivity index (χ4n) is 3.93. The molecule has 1 aromatic heterocycles. The van der Waals surface area contributed by atoms with Crippen molar-refractivity contribution in [1.82, 2.24) is 9.29 Å². The molecule has 0 unspecified atom stereocenters. The van der Waals surface area contributed by atoms with Crippen LogP contribution in [0.1, 0.15) is 30.9 Å². The Bertz CT molecular complexity index is 1330. The highest BCUT2D eigenvalue weighted by Gasteiger charge is 2.34. The number of nitrogens with zero attached hydrogens (tertiary/aromatic N) is 3. The van der Waals surface area contributed by atoms with Crippen molar-refractivity contribution in [1.29, 1.82) is 0 Å².